The van der Waals surface area contributed by atoms with Gasteiger partial charge in [0.15, 0.2) is 0 Å². The Balaban J connectivity index is 2.09. The molecule has 0 aliphatic rings. The van der Waals surface area contributed by atoms with Crippen molar-refractivity contribution in [1.29, 1.82) is 0 Å². The van der Waals surface area contributed by atoms with Crippen LogP contribution in [-0.2, 0) is 9.53 Å². The van der Waals surface area contributed by atoms with E-state index in [2.05, 4.69) is 12.2 Å². The Labute approximate surface area is 159 Å². The first-order chi connectivity index (χ1) is 13.0. The van der Waals surface area contributed by atoms with Gasteiger partial charge in [-0.1, -0.05) is 13.3 Å². The fraction of sp³-hybridized carbons (Fsp3) is 0.333. The smallest absolute Gasteiger partial charge is 0.355 e. The number of nitrogens with one attached hydrogen (secondary N) is 1. The molecule has 0 bridgehead atoms. The van der Waals surface area contributed by atoms with E-state index in [4.69, 9.17) is 13.9 Å². The van der Waals surface area contributed by atoms with Crippen LogP contribution in [-0.4, -0.2) is 24.6 Å². The SMILES string of the molecule is CCCCOc1ccc(C(=O)N/C(=C\c2ccco2)C(=O)OC(C)C)cc1. The van der Waals surface area contributed by atoms with Gasteiger partial charge in [0.05, 0.1) is 19.0 Å². The molecule has 0 aliphatic heterocycles. The molecule has 0 saturated heterocycles. The standard InChI is InChI=1S/C21H25NO5/c1-4-5-12-25-17-10-8-16(9-11-17)20(23)22-19(21(24)27-15(2)3)14-18-7-6-13-26-18/h6-11,13-15H,4-5,12H2,1-3H3,(H,22,23)/b19-14-. The number of hydrogen-bond acceptors (Lipinski definition) is 5. The lowest BCUT2D eigenvalue weighted by Gasteiger charge is -2.12. The quantitative estimate of drug-likeness (QED) is 0.406. The molecule has 144 valence electrons. The van der Waals surface area contributed by atoms with Crippen LogP contribution >= 0.6 is 0 Å². The van der Waals surface area contributed by atoms with Gasteiger partial charge in [-0.15, -0.1) is 0 Å². The molecule has 1 heterocycles. The Morgan fingerprint density at radius 2 is 1.93 bits per heavy atom. The highest BCUT2D eigenvalue weighted by molar-refractivity contribution is 6.03. The number of esters is 1. The summed E-state index contributed by atoms with van der Waals surface area (Å²) >= 11 is 0. The van der Waals surface area contributed by atoms with Crippen LogP contribution in [0.4, 0.5) is 0 Å². The molecular formula is C21H25NO5. The monoisotopic (exact) mass is 371 g/mol. The molecule has 1 amide bonds. The van der Waals surface area contributed by atoms with E-state index in [1.54, 1.807) is 50.2 Å². The minimum absolute atomic E-state index is 0.00641. The lowest BCUT2D eigenvalue weighted by molar-refractivity contribution is -0.142. The summed E-state index contributed by atoms with van der Waals surface area (Å²) in [5.41, 5.74) is 0.410. The largest absolute Gasteiger partial charge is 0.494 e. The van der Waals surface area contributed by atoms with Crippen molar-refractivity contribution in [3.8, 4) is 5.75 Å². The Kier molecular flexibility index (Phi) is 7.67. The first kappa shape index (κ1) is 20.3. The van der Waals surface area contributed by atoms with Crippen molar-refractivity contribution in [2.45, 2.75) is 39.7 Å². The summed E-state index contributed by atoms with van der Waals surface area (Å²) in [6.45, 7) is 6.21. The van der Waals surface area contributed by atoms with E-state index in [-0.39, 0.29) is 11.8 Å². The maximum absolute atomic E-state index is 12.5. The lowest BCUT2D eigenvalue weighted by atomic mass is 10.2. The van der Waals surface area contributed by atoms with E-state index in [9.17, 15) is 9.59 Å². The molecule has 27 heavy (non-hydrogen) atoms. The molecule has 1 aromatic carbocycles. The minimum atomic E-state index is -0.630. The highest BCUT2D eigenvalue weighted by atomic mass is 16.5. The number of ether oxygens (including phenoxy) is 2. The minimum Gasteiger partial charge on any atom is -0.494 e. The second kappa shape index (κ2) is 10.2. The zero-order chi connectivity index (χ0) is 19.6. The zero-order valence-corrected chi connectivity index (χ0v) is 15.9. The molecule has 1 aromatic heterocycles. The molecule has 0 fully saturated rings. The van der Waals surface area contributed by atoms with Gasteiger partial charge in [-0.3, -0.25) is 4.79 Å². The Morgan fingerprint density at radius 3 is 2.52 bits per heavy atom. The van der Waals surface area contributed by atoms with Crippen molar-refractivity contribution in [3.63, 3.8) is 0 Å². The molecule has 0 radical (unpaired) electrons. The molecule has 2 aromatic rings. The number of carbonyl (C=O) groups excluding carboxylic acids is 2. The summed E-state index contributed by atoms with van der Waals surface area (Å²) in [5, 5.41) is 2.60. The first-order valence-electron chi connectivity index (χ1n) is 9.00. The van der Waals surface area contributed by atoms with E-state index in [1.165, 1.54) is 12.3 Å². The molecule has 0 saturated carbocycles. The van der Waals surface area contributed by atoms with Gasteiger partial charge >= 0.3 is 5.97 Å². The van der Waals surface area contributed by atoms with Crippen LogP contribution in [0.5, 0.6) is 5.75 Å². The molecule has 2 rings (SSSR count). The van der Waals surface area contributed by atoms with Crippen LogP contribution < -0.4 is 10.1 Å². The van der Waals surface area contributed by atoms with Gasteiger partial charge in [0, 0.05) is 11.6 Å². The van der Waals surface area contributed by atoms with Crippen molar-refractivity contribution >= 4 is 18.0 Å². The van der Waals surface area contributed by atoms with Gasteiger partial charge in [0.25, 0.3) is 5.91 Å². The average Bonchev–Trinajstić information content (AvgIpc) is 3.14. The Hall–Kier alpha value is -3.02. The van der Waals surface area contributed by atoms with E-state index < -0.39 is 11.9 Å². The Morgan fingerprint density at radius 1 is 1.19 bits per heavy atom. The number of furan rings is 1. The van der Waals surface area contributed by atoms with Crippen LogP contribution in [0.3, 0.4) is 0 Å². The third kappa shape index (κ3) is 6.66. The van der Waals surface area contributed by atoms with Crippen molar-refractivity contribution in [3.05, 3.63) is 59.7 Å². The van der Waals surface area contributed by atoms with E-state index >= 15 is 0 Å². The molecule has 6 nitrogen and oxygen atoms in total. The summed E-state index contributed by atoms with van der Waals surface area (Å²) in [4.78, 5) is 24.8. The molecule has 0 atom stereocenters. The van der Waals surface area contributed by atoms with E-state index in [0.717, 1.165) is 12.8 Å². The van der Waals surface area contributed by atoms with Crippen LogP contribution in [0, 0.1) is 0 Å². The van der Waals surface area contributed by atoms with Crippen molar-refractivity contribution in [2.24, 2.45) is 0 Å². The Bertz CT molecular complexity index is 760. The molecule has 6 heteroatoms. The van der Waals surface area contributed by atoms with Crippen LogP contribution in [0.25, 0.3) is 6.08 Å². The number of rotatable bonds is 9. The normalized spacial score (nSPS) is 11.3. The highest BCUT2D eigenvalue weighted by Crippen LogP contribution is 2.14. The molecule has 0 unspecified atom stereocenters. The second-order valence-corrected chi connectivity index (χ2v) is 6.21. The van der Waals surface area contributed by atoms with Gasteiger partial charge in [0.2, 0.25) is 0 Å². The summed E-state index contributed by atoms with van der Waals surface area (Å²) in [6, 6.07) is 10.1. The third-order valence-corrected chi connectivity index (χ3v) is 3.52. The topological polar surface area (TPSA) is 77.8 Å². The maximum Gasteiger partial charge on any atom is 0.355 e. The van der Waals surface area contributed by atoms with Gasteiger partial charge in [-0.2, -0.15) is 0 Å². The molecule has 0 spiro atoms. The highest BCUT2D eigenvalue weighted by Gasteiger charge is 2.17. The van der Waals surface area contributed by atoms with Crippen molar-refractivity contribution in [1.82, 2.24) is 5.32 Å². The predicted molar refractivity (Wildman–Crippen MR) is 102 cm³/mol. The summed E-state index contributed by atoms with van der Waals surface area (Å²) in [7, 11) is 0. The fourth-order valence-corrected chi connectivity index (χ4v) is 2.17. The summed E-state index contributed by atoms with van der Waals surface area (Å²) < 4.78 is 16.0. The van der Waals surface area contributed by atoms with Gasteiger partial charge in [-0.05, 0) is 56.7 Å². The van der Waals surface area contributed by atoms with E-state index in [0.29, 0.717) is 23.7 Å². The van der Waals surface area contributed by atoms with Gasteiger partial charge in [-0.25, -0.2) is 4.79 Å². The predicted octanol–water partition coefficient (Wildman–Crippen LogP) is 4.18. The summed E-state index contributed by atoms with van der Waals surface area (Å²) in [5.74, 6) is 0.0825. The molecular weight excluding hydrogens is 346 g/mol. The third-order valence-electron chi connectivity index (χ3n) is 3.52. The average molecular weight is 371 g/mol. The molecule has 0 aliphatic carbocycles. The molecule has 1 N–H and O–H groups in total. The lowest BCUT2D eigenvalue weighted by Crippen LogP contribution is -2.29. The van der Waals surface area contributed by atoms with Crippen molar-refractivity contribution < 1.29 is 23.5 Å². The second-order valence-electron chi connectivity index (χ2n) is 6.21. The first-order valence-corrected chi connectivity index (χ1v) is 9.00. The zero-order valence-electron chi connectivity index (χ0n) is 15.9. The number of amides is 1. The number of carbonyl (C=O) groups is 2. The fourth-order valence-electron chi connectivity index (χ4n) is 2.17. The van der Waals surface area contributed by atoms with Crippen LogP contribution in [0.15, 0.2) is 52.8 Å². The van der Waals surface area contributed by atoms with Crippen molar-refractivity contribution in [2.75, 3.05) is 6.61 Å². The van der Waals surface area contributed by atoms with E-state index in [1.807, 2.05) is 0 Å². The summed E-state index contributed by atoms with van der Waals surface area (Å²) in [6.07, 6.45) is 4.63. The maximum atomic E-state index is 12.5. The van der Waals surface area contributed by atoms with Gasteiger partial charge in [0.1, 0.15) is 17.2 Å². The number of hydrogen-bond donors (Lipinski definition) is 1. The van der Waals surface area contributed by atoms with Gasteiger partial charge < -0.3 is 19.2 Å². The van der Waals surface area contributed by atoms with Crippen LogP contribution in [0.2, 0.25) is 0 Å². The number of unbranched alkanes of at least 4 members (excludes halogenated alkanes) is 1. The van der Waals surface area contributed by atoms with Crippen LogP contribution in [0.1, 0.15) is 49.7 Å². The number of benzene rings is 1.